The van der Waals surface area contributed by atoms with Crippen LogP contribution in [-0.2, 0) is 6.42 Å². The molecule has 3 nitrogen and oxygen atoms in total. The molecule has 18 heavy (non-hydrogen) atoms. The summed E-state index contributed by atoms with van der Waals surface area (Å²) in [5.74, 6) is 5.69. The van der Waals surface area contributed by atoms with Gasteiger partial charge in [-0.1, -0.05) is 22.0 Å². The molecule has 4 heteroatoms. The molecule has 3 N–H and O–H groups in total. The quantitative estimate of drug-likeness (QED) is 0.674. The number of pyridine rings is 1. The van der Waals surface area contributed by atoms with Crippen molar-refractivity contribution in [1.29, 1.82) is 0 Å². The number of rotatable bonds is 4. The summed E-state index contributed by atoms with van der Waals surface area (Å²) in [5, 5.41) is 0. The van der Waals surface area contributed by atoms with Crippen molar-refractivity contribution in [2.45, 2.75) is 19.4 Å². The van der Waals surface area contributed by atoms with Crippen molar-refractivity contribution in [3.63, 3.8) is 0 Å². The molecule has 1 aromatic carbocycles. The highest BCUT2D eigenvalue weighted by atomic mass is 79.9. The van der Waals surface area contributed by atoms with E-state index in [1.807, 2.05) is 18.2 Å². The molecule has 0 aliphatic rings. The zero-order chi connectivity index (χ0) is 13.0. The molecule has 0 radical (unpaired) electrons. The number of nitrogens with one attached hydrogen (secondary N) is 1. The number of aryl methyl sites for hydroxylation is 1. The van der Waals surface area contributed by atoms with Gasteiger partial charge in [0.2, 0.25) is 0 Å². The van der Waals surface area contributed by atoms with Gasteiger partial charge >= 0.3 is 0 Å². The van der Waals surface area contributed by atoms with Crippen molar-refractivity contribution in [2.24, 2.45) is 5.84 Å². The maximum atomic E-state index is 5.69. The molecular weight excluding hydrogens is 290 g/mol. The molecular formula is C14H16BrN3. The van der Waals surface area contributed by atoms with E-state index in [0.29, 0.717) is 0 Å². The van der Waals surface area contributed by atoms with Crippen molar-refractivity contribution in [3.8, 4) is 0 Å². The molecule has 0 aliphatic carbocycles. The van der Waals surface area contributed by atoms with Crippen molar-refractivity contribution in [3.05, 3.63) is 63.9 Å². The monoisotopic (exact) mass is 305 g/mol. The molecule has 0 amide bonds. The first-order valence-electron chi connectivity index (χ1n) is 5.82. The summed E-state index contributed by atoms with van der Waals surface area (Å²) < 4.78 is 1.07. The van der Waals surface area contributed by atoms with Crippen LogP contribution in [0.25, 0.3) is 0 Å². The Labute approximate surface area is 116 Å². The van der Waals surface area contributed by atoms with Crippen LogP contribution in [-0.4, -0.2) is 4.98 Å². The summed E-state index contributed by atoms with van der Waals surface area (Å²) in [5.41, 5.74) is 6.55. The lowest BCUT2D eigenvalue weighted by Crippen LogP contribution is -2.30. The minimum atomic E-state index is 0.102. The molecule has 0 saturated heterocycles. The van der Waals surface area contributed by atoms with Gasteiger partial charge in [0.05, 0.1) is 6.04 Å². The zero-order valence-corrected chi connectivity index (χ0v) is 11.8. The maximum Gasteiger partial charge on any atom is 0.0503 e. The van der Waals surface area contributed by atoms with Crippen LogP contribution in [0.1, 0.15) is 22.7 Å². The Bertz CT molecular complexity index is 514. The van der Waals surface area contributed by atoms with Crippen LogP contribution < -0.4 is 11.3 Å². The molecule has 0 bridgehead atoms. The zero-order valence-electron chi connectivity index (χ0n) is 10.2. The van der Waals surface area contributed by atoms with Crippen molar-refractivity contribution in [1.82, 2.24) is 10.4 Å². The van der Waals surface area contributed by atoms with Gasteiger partial charge in [-0.25, -0.2) is 0 Å². The van der Waals surface area contributed by atoms with E-state index in [1.165, 1.54) is 16.7 Å². The molecule has 1 heterocycles. The third kappa shape index (κ3) is 3.16. The van der Waals surface area contributed by atoms with E-state index in [0.717, 1.165) is 10.9 Å². The maximum absolute atomic E-state index is 5.69. The largest absolute Gasteiger partial charge is 0.271 e. The van der Waals surface area contributed by atoms with Crippen molar-refractivity contribution < 1.29 is 0 Å². The smallest absolute Gasteiger partial charge is 0.0503 e. The second-order valence-corrected chi connectivity index (χ2v) is 5.20. The van der Waals surface area contributed by atoms with Gasteiger partial charge in [0.25, 0.3) is 0 Å². The summed E-state index contributed by atoms with van der Waals surface area (Å²) in [6.07, 6.45) is 4.45. The van der Waals surface area contributed by atoms with Crippen molar-refractivity contribution in [2.75, 3.05) is 0 Å². The van der Waals surface area contributed by atoms with Crippen LogP contribution in [0.2, 0.25) is 0 Å². The molecule has 2 rings (SSSR count). The second-order valence-electron chi connectivity index (χ2n) is 4.28. The van der Waals surface area contributed by atoms with E-state index in [9.17, 15) is 0 Å². The van der Waals surface area contributed by atoms with Gasteiger partial charge in [-0.05, 0) is 54.3 Å². The number of nitrogens with two attached hydrogens (primary N) is 1. The van der Waals surface area contributed by atoms with Gasteiger partial charge < -0.3 is 0 Å². The number of benzene rings is 1. The van der Waals surface area contributed by atoms with Gasteiger partial charge in [-0.2, -0.15) is 0 Å². The van der Waals surface area contributed by atoms with E-state index in [4.69, 9.17) is 5.84 Å². The lowest BCUT2D eigenvalue weighted by molar-refractivity contribution is 0.549. The molecule has 0 saturated carbocycles. The Kier molecular flexibility index (Phi) is 4.47. The van der Waals surface area contributed by atoms with Gasteiger partial charge in [0, 0.05) is 16.9 Å². The van der Waals surface area contributed by atoms with Crippen LogP contribution in [0.15, 0.2) is 47.2 Å². The van der Waals surface area contributed by atoms with E-state index >= 15 is 0 Å². The fourth-order valence-corrected chi connectivity index (χ4v) is 2.38. The molecule has 0 spiro atoms. The first-order valence-corrected chi connectivity index (χ1v) is 6.61. The highest BCUT2D eigenvalue weighted by molar-refractivity contribution is 9.10. The van der Waals surface area contributed by atoms with Crippen molar-refractivity contribution >= 4 is 15.9 Å². The molecule has 0 fully saturated rings. The van der Waals surface area contributed by atoms with Crippen LogP contribution >= 0.6 is 15.9 Å². The topological polar surface area (TPSA) is 50.9 Å². The highest BCUT2D eigenvalue weighted by Crippen LogP contribution is 2.24. The molecule has 1 atom stereocenters. The fraction of sp³-hybridized carbons (Fsp3) is 0.214. The van der Waals surface area contributed by atoms with Crippen LogP contribution in [0.3, 0.4) is 0 Å². The lowest BCUT2D eigenvalue weighted by atomic mass is 9.96. The number of hydrazine groups is 1. The summed E-state index contributed by atoms with van der Waals surface area (Å²) in [6.45, 7) is 2.10. The molecule has 1 unspecified atom stereocenters. The third-order valence-electron chi connectivity index (χ3n) is 3.01. The lowest BCUT2D eigenvalue weighted by Gasteiger charge is -2.19. The standard InChI is InChI=1S/C14H16BrN3/c1-10-2-3-12(15)9-13(10)14(18-16)8-11-4-6-17-7-5-11/h2-7,9,14,18H,8,16H2,1H3. The minimum Gasteiger partial charge on any atom is -0.271 e. The van der Waals surface area contributed by atoms with E-state index < -0.39 is 0 Å². The van der Waals surface area contributed by atoms with Gasteiger partial charge in [0.1, 0.15) is 0 Å². The number of aromatic nitrogens is 1. The summed E-state index contributed by atoms with van der Waals surface area (Å²) in [7, 11) is 0. The van der Waals surface area contributed by atoms with E-state index in [2.05, 4.69) is 45.4 Å². The Morgan fingerprint density at radius 2 is 2.00 bits per heavy atom. The Morgan fingerprint density at radius 3 is 2.67 bits per heavy atom. The summed E-state index contributed by atoms with van der Waals surface area (Å²) in [6, 6.07) is 10.4. The van der Waals surface area contributed by atoms with Gasteiger partial charge in [-0.3, -0.25) is 16.3 Å². The Hall–Kier alpha value is -1.23. The number of hydrogen-bond acceptors (Lipinski definition) is 3. The summed E-state index contributed by atoms with van der Waals surface area (Å²) in [4.78, 5) is 4.02. The van der Waals surface area contributed by atoms with E-state index in [-0.39, 0.29) is 6.04 Å². The Balaban J connectivity index is 2.26. The van der Waals surface area contributed by atoms with Gasteiger partial charge in [0.15, 0.2) is 0 Å². The fourth-order valence-electron chi connectivity index (χ4n) is 2.00. The average molecular weight is 306 g/mol. The Morgan fingerprint density at radius 1 is 1.28 bits per heavy atom. The highest BCUT2D eigenvalue weighted by Gasteiger charge is 2.13. The molecule has 2 aromatic rings. The summed E-state index contributed by atoms with van der Waals surface area (Å²) >= 11 is 3.50. The minimum absolute atomic E-state index is 0.102. The normalized spacial score (nSPS) is 12.4. The van der Waals surface area contributed by atoms with Crippen LogP contribution in [0.5, 0.6) is 0 Å². The molecule has 94 valence electrons. The average Bonchev–Trinajstić information content (AvgIpc) is 2.40. The first kappa shape index (κ1) is 13.2. The molecule has 0 aliphatic heterocycles. The third-order valence-corrected chi connectivity index (χ3v) is 3.50. The van der Waals surface area contributed by atoms with Gasteiger partial charge in [-0.15, -0.1) is 0 Å². The predicted molar refractivity (Wildman–Crippen MR) is 76.9 cm³/mol. The second kappa shape index (κ2) is 6.09. The first-order chi connectivity index (χ1) is 8.70. The molecule has 1 aromatic heterocycles. The number of halogens is 1. The SMILES string of the molecule is Cc1ccc(Br)cc1C(Cc1ccncc1)NN. The number of hydrogen-bond donors (Lipinski definition) is 2. The van der Waals surface area contributed by atoms with Crippen LogP contribution in [0, 0.1) is 6.92 Å². The number of nitrogens with zero attached hydrogens (tertiary/aromatic N) is 1. The van der Waals surface area contributed by atoms with E-state index in [1.54, 1.807) is 12.4 Å². The predicted octanol–water partition coefficient (Wildman–Crippen LogP) is 2.90. The van der Waals surface area contributed by atoms with Crippen LogP contribution in [0.4, 0.5) is 0 Å².